The van der Waals surface area contributed by atoms with E-state index in [0.717, 1.165) is 16.8 Å². The minimum absolute atomic E-state index is 0.0933. The van der Waals surface area contributed by atoms with Crippen molar-refractivity contribution >= 4 is 17.1 Å². The van der Waals surface area contributed by atoms with Gasteiger partial charge in [0, 0.05) is 23.8 Å². The molecule has 6 nitrogen and oxygen atoms in total. The summed E-state index contributed by atoms with van der Waals surface area (Å²) < 4.78 is 34.6. The van der Waals surface area contributed by atoms with Crippen molar-refractivity contribution < 1.29 is 28.1 Å². The molecule has 0 atom stereocenters. The molecule has 0 aliphatic heterocycles. The fraction of sp³-hybridized carbons (Fsp3) is 0.304. The van der Waals surface area contributed by atoms with E-state index in [2.05, 4.69) is 0 Å². The molecule has 1 heterocycles. The fourth-order valence-electron chi connectivity index (χ4n) is 3.05. The third kappa shape index (κ3) is 4.86. The van der Waals surface area contributed by atoms with Gasteiger partial charge in [-0.2, -0.15) is 0 Å². The van der Waals surface area contributed by atoms with Crippen molar-refractivity contribution in [1.29, 1.82) is 0 Å². The molecular formula is C23H24FNO5. The zero-order valence-corrected chi connectivity index (χ0v) is 17.5. The number of rotatable bonds is 7. The van der Waals surface area contributed by atoms with Crippen molar-refractivity contribution in [2.75, 3.05) is 20.3 Å². The van der Waals surface area contributed by atoms with Gasteiger partial charge in [0.15, 0.2) is 0 Å². The first-order chi connectivity index (χ1) is 14.4. The van der Waals surface area contributed by atoms with Gasteiger partial charge in [-0.05, 0) is 62.2 Å². The Morgan fingerprint density at radius 2 is 1.83 bits per heavy atom. The molecule has 0 N–H and O–H groups in total. The maximum Gasteiger partial charge on any atom is 0.513 e. The fourth-order valence-corrected chi connectivity index (χ4v) is 3.05. The minimum Gasteiger partial charge on any atom is -0.457 e. The molecule has 0 spiro atoms. The maximum absolute atomic E-state index is 13.2. The smallest absolute Gasteiger partial charge is 0.457 e. The van der Waals surface area contributed by atoms with Gasteiger partial charge >= 0.3 is 6.16 Å². The minimum atomic E-state index is -0.814. The van der Waals surface area contributed by atoms with Crippen molar-refractivity contribution in [2.45, 2.75) is 27.2 Å². The summed E-state index contributed by atoms with van der Waals surface area (Å²) in [5, 5.41) is 0.621. The quantitative estimate of drug-likeness (QED) is 0.376. The molecule has 0 saturated carbocycles. The molecule has 7 heteroatoms. The van der Waals surface area contributed by atoms with E-state index in [-0.39, 0.29) is 19.0 Å². The van der Waals surface area contributed by atoms with E-state index in [1.807, 2.05) is 26.8 Å². The monoisotopic (exact) mass is 413 g/mol. The lowest BCUT2D eigenvalue weighted by molar-refractivity contribution is 0.0687. The number of aromatic nitrogens is 1. The van der Waals surface area contributed by atoms with Crippen molar-refractivity contribution in [3.8, 4) is 17.2 Å². The predicted molar refractivity (Wildman–Crippen MR) is 111 cm³/mol. The van der Waals surface area contributed by atoms with Gasteiger partial charge in [-0.1, -0.05) is 6.92 Å². The van der Waals surface area contributed by atoms with Gasteiger partial charge in [0.1, 0.15) is 29.7 Å². The van der Waals surface area contributed by atoms with Gasteiger partial charge in [0.05, 0.1) is 12.1 Å². The molecule has 0 amide bonds. The molecule has 0 bridgehead atoms. The van der Waals surface area contributed by atoms with Crippen LogP contribution in [-0.2, 0) is 15.9 Å². The van der Waals surface area contributed by atoms with Crippen molar-refractivity contribution in [1.82, 2.24) is 4.98 Å². The van der Waals surface area contributed by atoms with Crippen LogP contribution in [0.4, 0.5) is 9.18 Å². The van der Waals surface area contributed by atoms with Gasteiger partial charge < -0.3 is 18.9 Å². The number of ether oxygens (including phenoxy) is 4. The SMILES string of the molecule is CCc1nc2cc(C)c(Oc3ccc(F)cc3)cc2c(OC(=O)OCCOC)c1C. The Kier molecular flexibility index (Phi) is 6.84. The van der Waals surface area contributed by atoms with E-state index >= 15 is 0 Å². The largest absolute Gasteiger partial charge is 0.513 e. The van der Waals surface area contributed by atoms with E-state index in [0.29, 0.717) is 34.6 Å². The molecule has 0 radical (unpaired) electrons. The van der Waals surface area contributed by atoms with E-state index in [1.54, 1.807) is 18.2 Å². The van der Waals surface area contributed by atoms with Crippen LogP contribution >= 0.6 is 0 Å². The van der Waals surface area contributed by atoms with Crippen molar-refractivity contribution in [3.05, 3.63) is 59.0 Å². The summed E-state index contributed by atoms with van der Waals surface area (Å²) in [5.41, 5.74) is 3.11. The van der Waals surface area contributed by atoms with Gasteiger partial charge in [-0.15, -0.1) is 0 Å². The van der Waals surface area contributed by atoms with Crippen molar-refractivity contribution in [2.24, 2.45) is 0 Å². The zero-order valence-electron chi connectivity index (χ0n) is 17.5. The number of hydrogen-bond acceptors (Lipinski definition) is 6. The number of methoxy groups -OCH3 is 1. The first-order valence-electron chi connectivity index (χ1n) is 9.63. The number of carbonyl (C=O) groups excluding carboxylic acids is 1. The van der Waals surface area contributed by atoms with Crippen LogP contribution in [0.25, 0.3) is 10.9 Å². The topological polar surface area (TPSA) is 66.9 Å². The third-order valence-corrected chi connectivity index (χ3v) is 4.64. The van der Waals surface area contributed by atoms with Crippen LogP contribution in [0.2, 0.25) is 0 Å². The molecule has 1 aromatic heterocycles. The van der Waals surface area contributed by atoms with Gasteiger partial charge in [-0.3, -0.25) is 4.98 Å². The second kappa shape index (κ2) is 9.54. The molecule has 158 valence electrons. The highest BCUT2D eigenvalue weighted by molar-refractivity contribution is 5.90. The highest BCUT2D eigenvalue weighted by Crippen LogP contribution is 2.36. The summed E-state index contributed by atoms with van der Waals surface area (Å²) in [7, 11) is 1.52. The first kappa shape index (κ1) is 21.5. The van der Waals surface area contributed by atoms with Crippen LogP contribution in [0, 0.1) is 19.7 Å². The number of halogens is 1. The lowest BCUT2D eigenvalue weighted by Crippen LogP contribution is -2.15. The number of hydrogen-bond donors (Lipinski definition) is 0. The molecule has 0 aliphatic rings. The summed E-state index contributed by atoms with van der Waals surface area (Å²) in [5.74, 6) is 1.09. The standard InChI is InChI=1S/C23H24FNO5/c1-5-19-15(3)22(30-23(26)28-11-10-27-4)18-13-21(14(2)12-20(18)25-19)29-17-8-6-16(24)7-9-17/h6-9,12-13H,5,10-11H2,1-4H3. The van der Waals surface area contributed by atoms with Gasteiger partial charge in [0.25, 0.3) is 0 Å². The van der Waals surface area contributed by atoms with Crippen molar-refractivity contribution in [3.63, 3.8) is 0 Å². The highest BCUT2D eigenvalue weighted by Gasteiger charge is 2.18. The van der Waals surface area contributed by atoms with Gasteiger partial charge in [-0.25, -0.2) is 9.18 Å². The average molecular weight is 413 g/mol. The Labute approximate surface area is 174 Å². The number of nitrogens with zero attached hydrogens (tertiary/aromatic N) is 1. The first-order valence-corrected chi connectivity index (χ1v) is 9.63. The van der Waals surface area contributed by atoms with Crippen LogP contribution in [0.5, 0.6) is 17.2 Å². The number of fused-ring (bicyclic) bond motifs is 1. The number of carbonyl (C=O) groups is 1. The zero-order chi connectivity index (χ0) is 21.7. The molecule has 0 aliphatic carbocycles. The molecule has 0 saturated heterocycles. The lowest BCUT2D eigenvalue weighted by atomic mass is 10.0. The van der Waals surface area contributed by atoms with Crippen LogP contribution in [0.15, 0.2) is 36.4 Å². The Morgan fingerprint density at radius 3 is 2.50 bits per heavy atom. The van der Waals surface area contributed by atoms with Gasteiger partial charge in [0.2, 0.25) is 0 Å². The summed E-state index contributed by atoms with van der Waals surface area (Å²) in [6, 6.07) is 9.40. The highest BCUT2D eigenvalue weighted by atomic mass is 19.1. The lowest BCUT2D eigenvalue weighted by Gasteiger charge is -2.16. The second-order valence-corrected chi connectivity index (χ2v) is 6.75. The van der Waals surface area contributed by atoms with Crippen LogP contribution in [0.3, 0.4) is 0 Å². The third-order valence-electron chi connectivity index (χ3n) is 4.64. The van der Waals surface area contributed by atoms with E-state index in [9.17, 15) is 9.18 Å². The number of pyridine rings is 1. The molecule has 0 unspecified atom stereocenters. The summed E-state index contributed by atoms with van der Waals surface area (Å²) in [4.78, 5) is 16.9. The normalized spacial score (nSPS) is 10.8. The Bertz CT molecular complexity index is 1050. The molecular weight excluding hydrogens is 389 g/mol. The number of benzene rings is 2. The summed E-state index contributed by atoms with van der Waals surface area (Å²) >= 11 is 0. The Balaban J connectivity index is 2.02. The Morgan fingerprint density at radius 1 is 1.10 bits per heavy atom. The van der Waals surface area contributed by atoms with E-state index < -0.39 is 6.16 Å². The second-order valence-electron chi connectivity index (χ2n) is 6.75. The number of aryl methyl sites for hydroxylation is 2. The predicted octanol–water partition coefficient (Wildman–Crippen LogP) is 5.51. The van der Waals surface area contributed by atoms with Crippen LogP contribution in [0.1, 0.15) is 23.7 Å². The average Bonchev–Trinajstić information content (AvgIpc) is 2.73. The molecule has 30 heavy (non-hydrogen) atoms. The molecule has 3 rings (SSSR count). The molecule has 2 aromatic carbocycles. The summed E-state index contributed by atoms with van der Waals surface area (Å²) in [6.07, 6.45) is -0.129. The summed E-state index contributed by atoms with van der Waals surface area (Å²) in [6.45, 7) is 6.10. The van der Waals surface area contributed by atoms with E-state index in [1.165, 1.54) is 19.2 Å². The molecule has 0 fully saturated rings. The molecule has 3 aromatic rings. The van der Waals surface area contributed by atoms with Crippen LogP contribution in [-0.4, -0.2) is 31.5 Å². The van der Waals surface area contributed by atoms with E-state index in [4.69, 9.17) is 23.9 Å². The Hall–Kier alpha value is -3.19. The maximum atomic E-state index is 13.2. The van der Waals surface area contributed by atoms with Crippen LogP contribution < -0.4 is 9.47 Å².